The molecule has 0 unspecified atom stereocenters. The molecule has 0 radical (unpaired) electrons. The summed E-state index contributed by atoms with van der Waals surface area (Å²) in [6, 6.07) is 23.1. The highest BCUT2D eigenvalue weighted by molar-refractivity contribution is 6.31. The lowest BCUT2D eigenvalue weighted by molar-refractivity contribution is -0.147. The molecule has 0 saturated carbocycles. The highest BCUT2D eigenvalue weighted by atomic mass is 35.5. The maximum Gasteiger partial charge on any atom is 0.329 e. The van der Waals surface area contributed by atoms with Crippen molar-refractivity contribution in [2.75, 3.05) is 0 Å². The molecule has 5 nitrogen and oxygen atoms in total. The van der Waals surface area contributed by atoms with Gasteiger partial charge in [0.15, 0.2) is 0 Å². The first-order valence-electron chi connectivity index (χ1n) is 10.3. The van der Waals surface area contributed by atoms with E-state index >= 15 is 0 Å². The van der Waals surface area contributed by atoms with Gasteiger partial charge in [0.05, 0.1) is 17.7 Å². The average molecular weight is 445 g/mol. The Balaban J connectivity index is 1.73. The number of aliphatic carboxylic acids is 1. The summed E-state index contributed by atoms with van der Waals surface area (Å²) in [5, 5.41) is 19.8. The van der Waals surface area contributed by atoms with Crippen LogP contribution in [-0.2, 0) is 4.79 Å². The largest absolute Gasteiger partial charge is 0.480 e. The Morgan fingerprint density at radius 2 is 1.72 bits per heavy atom. The van der Waals surface area contributed by atoms with Crippen LogP contribution in [-0.4, -0.2) is 27.4 Å². The number of nitrogens with zero attached hydrogens (tertiary/aromatic N) is 2. The van der Waals surface area contributed by atoms with Crippen LogP contribution in [0.25, 0.3) is 11.1 Å². The number of carbonyl (C=O) groups is 2. The second-order valence-corrected chi connectivity index (χ2v) is 8.47. The van der Waals surface area contributed by atoms with E-state index in [2.05, 4.69) is 6.07 Å². The van der Waals surface area contributed by atoms with Gasteiger partial charge in [0.1, 0.15) is 5.54 Å². The molecule has 0 aromatic heterocycles. The summed E-state index contributed by atoms with van der Waals surface area (Å²) in [7, 11) is 0. The fraction of sp³-hybridized carbons (Fsp3) is 0.192. The van der Waals surface area contributed by atoms with Gasteiger partial charge in [-0.3, -0.25) is 4.79 Å². The molecule has 1 aliphatic heterocycles. The number of rotatable bonds is 4. The molecule has 1 N–H and O–H groups in total. The van der Waals surface area contributed by atoms with Gasteiger partial charge in [-0.25, -0.2) is 4.79 Å². The Hall–Kier alpha value is -3.62. The van der Waals surface area contributed by atoms with Gasteiger partial charge in [-0.05, 0) is 60.7 Å². The van der Waals surface area contributed by atoms with Crippen LogP contribution in [0.15, 0.2) is 72.8 Å². The van der Waals surface area contributed by atoms with Gasteiger partial charge >= 0.3 is 5.97 Å². The van der Waals surface area contributed by atoms with Crippen molar-refractivity contribution in [1.29, 1.82) is 5.26 Å². The Morgan fingerprint density at radius 3 is 2.38 bits per heavy atom. The van der Waals surface area contributed by atoms with E-state index in [0.29, 0.717) is 29.0 Å². The number of halogens is 1. The van der Waals surface area contributed by atoms with Crippen LogP contribution in [0, 0.1) is 11.3 Å². The predicted octanol–water partition coefficient (Wildman–Crippen LogP) is 5.70. The van der Waals surface area contributed by atoms with Crippen LogP contribution in [0.4, 0.5) is 0 Å². The third-order valence-electron chi connectivity index (χ3n) is 6.18. The third kappa shape index (κ3) is 3.63. The zero-order valence-corrected chi connectivity index (χ0v) is 18.2. The molecule has 0 spiro atoms. The lowest BCUT2D eigenvalue weighted by Crippen LogP contribution is -2.51. The summed E-state index contributed by atoms with van der Waals surface area (Å²) in [5.74, 6) is -1.41. The fourth-order valence-corrected chi connectivity index (χ4v) is 4.65. The van der Waals surface area contributed by atoms with Crippen molar-refractivity contribution in [2.45, 2.75) is 31.3 Å². The molecular formula is C26H21ClN2O3. The number of hydrogen-bond acceptors (Lipinski definition) is 3. The molecule has 4 rings (SSSR count). The van der Waals surface area contributed by atoms with Crippen molar-refractivity contribution in [3.8, 4) is 17.2 Å². The van der Waals surface area contributed by atoms with Crippen molar-refractivity contribution < 1.29 is 14.7 Å². The summed E-state index contributed by atoms with van der Waals surface area (Å²) >= 11 is 6.40. The molecule has 1 fully saturated rings. The topological polar surface area (TPSA) is 81.4 Å². The van der Waals surface area contributed by atoms with E-state index in [4.69, 9.17) is 11.6 Å². The van der Waals surface area contributed by atoms with Crippen molar-refractivity contribution in [2.24, 2.45) is 0 Å². The van der Waals surface area contributed by atoms with Crippen molar-refractivity contribution in [3.63, 3.8) is 0 Å². The molecular weight excluding hydrogens is 424 g/mol. The summed E-state index contributed by atoms with van der Waals surface area (Å²) in [6.45, 7) is 1.58. The van der Waals surface area contributed by atoms with Gasteiger partial charge in [0.2, 0.25) is 0 Å². The van der Waals surface area contributed by atoms with Crippen molar-refractivity contribution >= 4 is 23.5 Å². The van der Waals surface area contributed by atoms with E-state index in [1.54, 1.807) is 55.5 Å². The van der Waals surface area contributed by atoms with Crippen LogP contribution >= 0.6 is 11.6 Å². The first-order valence-corrected chi connectivity index (χ1v) is 10.7. The first kappa shape index (κ1) is 21.6. The van der Waals surface area contributed by atoms with Crippen molar-refractivity contribution in [1.82, 2.24) is 4.90 Å². The molecule has 160 valence electrons. The van der Waals surface area contributed by atoms with Gasteiger partial charge in [-0.15, -0.1) is 0 Å². The third-order valence-corrected chi connectivity index (χ3v) is 6.53. The normalized spacial score (nSPS) is 20.0. The summed E-state index contributed by atoms with van der Waals surface area (Å²) in [6.07, 6.45) is 0.837. The highest BCUT2D eigenvalue weighted by Gasteiger charge is 2.51. The number of benzene rings is 3. The van der Waals surface area contributed by atoms with E-state index in [1.165, 1.54) is 4.90 Å². The predicted molar refractivity (Wildman–Crippen MR) is 122 cm³/mol. The molecule has 0 bridgehead atoms. The molecule has 0 aliphatic carbocycles. The SMILES string of the molecule is C[C@@]1(C(=O)O)CC[C@H](c2ccccc2Cl)N1C(=O)c1ccc(-c2ccccc2C#N)cc1. The summed E-state index contributed by atoms with van der Waals surface area (Å²) in [4.78, 5) is 27.2. The van der Waals surface area contributed by atoms with Gasteiger partial charge in [0.25, 0.3) is 5.91 Å². The minimum atomic E-state index is -1.34. The summed E-state index contributed by atoms with van der Waals surface area (Å²) in [5.41, 5.74) is 1.92. The van der Waals surface area contributed by atoms with E-state index in [9.17, 15) is 20.0 Å². The minimum Gasteiger partial charge on any atom is -0.480 e. The smallest absolute Gasteiger partial charge is 0.329 e. The average Bonchev–Trinajstić information content (AvgIpc) is 3.17. The second-order valence-electron chi connectivity index (χ2n) is 8.06. The number of likely N-dealkylation sites (tertiary alicyclic amines) is 1. The Kier molecular flexibility index (Phi) is 5.73. The van der Waals surface area contributed by atoms with E-state index in [-0.39, 0.29) is 5.91 Å². The van der Waals surface area contributed by atoms with Gasteiger partial charge in [-0.1, -0.05) is 60.1 Å². The van der Waals surface area contributed by atoms with E-state index < -0.39 is 17.6 Å². The molecule has 1 amide bonds. The molecule has 1 aliphatic rings. The standard InChI is InChI=1S/C26H21ClN2O3/c1-26(25(31)32)15-14-23(21-8-4-5-9-22(21)27)29(26)24(30)18-12-10-17(11-13-18)20-7-3-2-6-19(20)16-28/h2-13,23H,14-15H2,1H3,(H,31,32)/t23-,26+/m1/s1. The fourth-order valence-electron chi connectivity index (χ4n) is 4.39. The second kappa shape index (κ2) is 8.49. The number of hydrogen-bond donors (Lipinski definition) is 1. The zero-order valence-electron chi connectivity index (χ0n) is 17.5. The molecule has 32 heavy (non-hydrogen) atoms. The van der Waals surface area contributed by atoms with E-state index in [0.717, 1.165) is 16.7 Å². The number of nitriles is 1. The molecule has 6 heteroatoms. The van der Waals surface area contributed by atoms with Gasteiger partial charge in [-0.2, -0.15) is 5.26 Å². The maximum atomic E-state index is 13.6. The zero-order chi connectivity index (χ0) is 22.9. The number of amides is 1. The van der Waals surface area contributed by atoms with Crippen LogP contribution in [0.2, 0.25) is 5.02 Å². The molecule has 2 atom stereocenters. The van der Waals surface area contributed by atoms with Crippen LogP contribution in [0.3, 0.4) is 0 Å². The Labute approximate surface area is 191 Å². The van der Waals surface area contributed by atoms with E-state index in [1.807, 2.05) is 24.3 Å². The quantitative estimate of drug-likeness (QED) is 0.559. The first-order chi connectivity index (χ1) is 15.4. The summed E-state index contributed by atoms with van der Waals surface area (Å²) < 4.78 is 0. The Bertz CT molecular complexity index is 1230. The lowest BCUT2D eigenvalue weighted by atomic mass is 9.97. The molecule has 3 aromatic carbocycles. The van der Waals surface area contributed by atoms with Crippen LogP contribution in [0.5, 0.6) is 0 Å². The number of carboxylic acids is 1. The highest BCUT2D eigenvalue weighted by Crippen LogP contribution is 2.45. The maximum absolute atomic E-state index is 13.6. The van der Waals surface area contributed by atoms with Crippen molar-refractivity contribution in [3.05, 3.63) is 94.5 Å². The monoisotopic (exact) mass is 444 g/mol. The Morgan fingerprint density at radius 1 is 1.06 bits per heavy atom. The lowest BCUT2D eigenvalue weighted by Gasteiger charge is -2.36. The molecule has 1 heterocycles. The molecule has 1 saturated heterocycles. The van der Waals surface area contributed by atoms with Crippen LogP contribution < -0.4 is 0 Å². The van der Waals surface area contributed by atoms with Gasteiger partial charge < -0.3 is 10.0 Å². The van der Waals surface area contributed by atoms with Gasteiger partial charge in [0, 0.05) is 10.6 Å². The molecule has 3 aromatic rings. The minimum absolute atomic E-state index is 0.331. The number of carbonyl (C=O) groups excluding carboxylic acids is 1. The van der Waals surface area contributed by atoms with Crippen LogP contribution in [0.1, 0.15) is 47.3 Å². The number of carboxylic acid groups (broad SMARTS) is 1.